The third kappa shape index (κ3) is 3.12. The van der Waals surface area contributed by atoms with E-state index in [1.807, 2.05) is 10.9 Å². The lowest BCUT2D eigenvalue weighted by Crippen LogP contribution is -2.29. The van der Waals surface area contributed by atoms with Crippen LogP contribution >= 0.6 is 0 Å². The van der Waals surface area contributed by atoms with Gasteiger partial charge in [-0.1, -0.05) is 6.92 Å². The highest BCUT2D eigenvalue weighted by molar-refractivity contribution is 5.12. The molecular formula is C14H25N3O. The number of ether oxygens (including phenoxy) is 1. The maximum Gasteiger partial charge on any atom is 0.0551 e. The standard InChI is InChI=1S/C14H25N3O/c1-4-6-15-14(12-7-11(3)18-10-12)13-8-16-17(5-2)9-13/h8-9,11-12,14-15H,4-7,10H2,1-3H3. The molecule has 0 amide bonds. The molecule has 4 heteroatoms. The van der Waals surface area contributed by atoms with Crippen LogP contribution in [0.4, 0.5) is 0 Å². The predicted molar refractivity (Wildman–Crippen MR) is 72.5 cm³/mol. The number of nitrogens with zero attached hydrogens (tertiary/aromatic N) is 2. The summed E-state index contributed by atoms with van der Waals surface area (Å²) in [7, 11) is 0. The Hall–Kier alpha value is -0.870. The molecule has 3 unspecified atom stereocenters. The van der Waals surface area contributed by atoms with Gasteiger partial charge in [-0.15, -0.1) is 0 Å². The summed E-state index contributed by atoms with van der Waals surface area (Å²) in [5.41, 5.74) is 1.30. The molecule has 1 N–H and O–H groups in total. The summed E-state index contributed by atoms with van der Waals surface area (Å²) >= 11 is 0. The van der Waals surface area contributed by atoms with Crippen molar-refractivity contribution in [3.63, 3.8) is 0 Å². The van der Waals surface area contributed by atoms with Gasteiger partial charge in [-0.3, -0.25) is 4.68 Å². The molecule has 3 atom stereocenters. The van der Waals surface area contributed by atoms with E-state index in [2.05, 4.69) is 37.4 Å². The van der Waals surface area contributed by atoms with Crippen molar-refractivity contribution in [1.29, 1.82) is 0 Å². The first-order chi connectivity index (χ1) is 8.74. The number of aryl methyl sites for hydroxylation is 1. The van der Waals surface area contributed by atoms with Crippen molar-refractivity contribution < 1.29 is 4.74 Å². The average molecular weight is 251 g/mol. The molecule has 1 aliphatic heterocycles. The van der Waals surface area contributed by atoms with Crippen LogP contribution in [-0.4, -0.2) is 29.0 Å². The molecule has 1 aliphatic rings. The van der Waals surface area contributed by atoms with Gasteiger partial charge in [-0.05, 0) is 33.2 Å². The Morgan fingerprint density at radius 1 is 1.56 bits per heavy atom. The van der Waals surface area contributed by atoms with Crippen LogP contribution in [-0.2, 0) is 11.3 Å². The molecule has 1 saturated heterocycles. The number of rotatable bonds is 6. The lowest BCUT2D eigenvalue weighted by Gasteiger charge is -2.22. The van der Waals surface area contributed by atoms with E-state index in [1.54, 1.807) is 0 Å². The number of hydrogen-bond donors (Lipinski definition) is 1. The largest absolute Gasteiger partial charge is 0.378 e. The van der Waals surface area contributed by atoms with Gasteiger partial charge in [0.25, 0.3) is 0 Å². The van der Waals surface area contributed by atoms with Crippen molar-refractivity contribution in [2.75, 3.05) is 13.2 Å². The van der Waals surface area contributed by atoms with E-state index < -0.39 is 0 Å². The summed E-state index contributed by atoms with van der Waals surface area (Å²) < 4.78 is 7.71. The van der Waals surface area contributed by atoms with Gasteiger partial charge in [-0.25, -0.2) is 0 Å². The fourth-order valence-electron chi connectivity index (χ4n) is 2.65. The summed E-state index contributed by atoms with van der Waals surface area (Å²) in [6.45, 7) is 9.32. The molecule has 1 fully saturated rings. The van der Waals surface area contributed by atoms with Crippen LogP contribution in [0.1, 0.15) is 45.2 Å². The Bertz CT molecular complexity index is 364. The summed E-state index contributed by atoms with van der Waals surface area (Å²) in [5.74, 6) is 0.570. The van der Waals surface area contributed by atoms with Gasteiger partial charge < -0.3 is 10.1 Å². The molecule has 2 rings (SSSR count). The maximum atomic E-state index is 5.71. The summed E-state index contributed by atoms with van der Waals surface area (Å²) in [6, 6.07) is 0.384. The van der Waals surface area contributed by atoms with Crippen molar-refractivity contribution in [3.05, 3.63) is 18.0 Å². The highest BCUT2D eigenvalue weighted by Gasteiger charge is 2.30. The van der Waals surface area contributed by atoms with Crippen LogP contribution in [0.5, 0.6) is 0 Å². The number of aromatic nitrogens is 2. The van der Waals surface area contributed by atoms with E-state index in [0.717, 1.165) is 32.5 Å². The van der Waals surface area contributed by atoms with Crippen LogP contribution in [0.2, 0.25) is 0 Å². The highest BCUT2D eigenvalue weighted by Crippen LogP contribution is 2.31. The van der Waals surface area contributed by atoms with Crippen molar-refractivity contribution in [1.82, 2.24) is 15.1 Å². The summed E-state index contributed by atoms with van der Waals surface area (Å²) in [5, 5.41) is 8.04. The summed E-state index contributed by atoms with van der Waals surface area (Å²) in [4.78, 5) is 0. The van der Waals surface area contributed by atoms with Gasteiger partial charge in [0.15, 0.2) is 0 Å². The molecule has 0 radical (unpaired) electrons. The highest BCUT2D eigenvalue weighted by atomic mass is 16.5. The lowest BCUT2D eigenvalue weighted by atomic mass is 9.92. The van der Waals surface area contributed by atoms with E-state index in [0.29, 0.717) is 18.1 Å². The van der Waals surface area contributed by atoms with Gasteiger partial charge in [0.1, 0.15) is 0 Å². The molecule has 102 valence electrons. The smallest absolute Gasteiger partial charge is 0.0551 e. The van der Waals surface area contributed by atoms with Crippen molar-refractivity contribution >= 4 is 0 Å². The zero-order valence-corrected chi connectivity index (χ0v) is 11.7. The predicted octanol–water partition coefficient (Wildman–Crippen LogP) is 2.37. The Morgan fingerprint density at radius 3 is 2.94 bits per heavy atom. The van der Waals surface area contributed by atoms with Gasteiger partial charge in [-0.2, -0.15) is 5.10 Å². The first-order valence-electron chi connectivity index (χ1n) is 7.11. The van der Waals surface area contributed by atoms with Crippen LogP contribution in [0.25, 0.3) is 0 Å². The van der Waals surface area contributed by atoms with Crippen LogP contribution in [0.3, 0.4) is 0 Å². The average Bonchev–Trinajstić information content (AvgIpc) is 2.99. The first-order valence-corrected chi connectivity index (χ1v) is 7.11. The van der Waals surface area contributed by atoms with Crippen molar-refractivity contribution in [2.45, 2.75) is 52.3 Å². The van der Waals surface area contributed by atoms with Gasteiger partial charge in [0.05, 0.1) is 18.9 Å². The second-order valence-corrected chi connectivity index (χ2v) is 5.20. The second kappa shape index (κ2) is 6.34. The fraction of sp³-hybridized carbons (Fsp3) is 0.786. The fourth-order valence-corrected chi connectivity index (χ4v) is 2.65. The van der Waals surface area contributed by atoms with Gasteiger partial charge in [0.2, 0.25) is 0 Å². The van der Waals surface area contributed by atoms with E-state index in [1.165, 1.54) is 5.56 Å². The van der Waals surface area contributed by atoms with Crippen molar-refractivity contribution in [2.24, 2.45) is 5.92 Å². The molecule has 1 aromatic rings. The van der Waals surface area contributed by atoms with E-state index in [-0.39, 0.29) is 0 Å². The minimum atomic E-state index is 0.384. The third-order valence-electron chi connectivity index (χ3n) is 3.65. The van der Waals surface area contributed by atoms with E-state index >= 15 is 0 Å². The minimum Gasteiger partial charge on any atom is -0.378 e. The molecule has 0 saturated carbocycles. The van der Waals surface area contributed by atoms with Gasteiger partial charge in [0, 0.05) is 30.3 Å². The molecule has 0 aliphatic carbocycles. The Balaban J connectivity index is 2.08. The van der Waals surface area contributed by atoms with Gasteiger partial charge >= 0.3 is 0 Å². The van der Waals surface area contributed by atoms with Crippen LogP contribution in [0.15, 0.2) is 12.4 Å². The van der Waals surface area contributed by atoms with E-state index in [9.17, 15) is 0 Å². The zero-order valence-electron chi connectivity index (χ0n) is 11.7. The Kier molecular flexibility index (Phi) is 4.78. The van der Waals surface area contributed by atoms with Crippen LogP contribution in [0, 0.1) is 5.92 Å². The molecular weight excluding hydrogens is 226 g/mol. The first kappa shape index (κ1) is 13.6. The second-order valence-electron chi connectivity index (χ2n) is 5.20. The third-order valence-corrected chi connectivity index (χ3v) is 3.65. The van der Waals surface area contributed by atoms with Crippen LogP contribution < -0.4 is 5.32 Å². The Morgan fingerprint density at radius 2 is 2.39 bits per heavy atom. The maximum absolute atomic E-state index is 5.71. The quantitative estimate of drug-likeness (QED) is 0.843. The lowest BCUT2D eigenvalue weighted by molar-refractivity contribution is 0.117. The zero-order chi connectivity index (χ0) is 13.0. The number of nitrogens with one attached hydrogen (secondary N) is 1. The molecule has 0 spiro atoms. The molecule has 18 heavy (non-hydrogen) atoms. The molecule has 0 bridgehead atoms. The van der Waals surface area contributed by atoms with E-state index in [4.69, 9.17) is 4.74 Å². The molecule has 0 aromatic carbocycles. The summed E-state index contributed by atoms with van der Waals surface area (Å²) in [6.07, 6.45) is 6.85. The molecule has 4 nitrogen and oxygen atoms in total. The SMILES string of the molecule is CCCNC(c1cnn(CC)c1)C1COC(C)C1. The van der Waals surface area contributed by atoms with Crippen molar-refractivity contribution in [3.8, 4) is 0 Å². The monoisotopic (exact) mass is 251 g/mol. The molecule has 1 aromatic heterocycles. The topological polar surface area (TPSA) is 39.1 Å². The normalized spacial score (nSPS) is 25.5. The molecule has 2 heterocycles. The Labute approximate surface area is 110 Å². The minimum absolute atomic E-state index is 0.384. The number of hydrogen-bond acceptors (Lipinski definition) is 3.